The maximum absolute atomic E-state index is 10.7. The third-order valence-corrected chi connectivity index (χ3v) is 3.30. The van der Waals surface area contributed by atoms with Gasteiger partial charge in [-0.15, -0.1) is 0 Å². The number of carboxylic acids is 1. The van der Waals surface area contributed by atoms with Crippen LogP contribution in [0.2, 0.25) is 0 Å². The number of aliphatic carboxylic acids is 1. The van der Waals surface area contributed by atoms with Crippen LogP contribution >= 0.6 is 0 Å². The first-order valence-electron chi connectivity index (χ1n) is 6.14. The molecule has 0 spiro atoms. The molecule has 2 rings (SSSR count). The van der Waals surface area contributed by atoms with E-state index in [-0.39, 0.29) is 0 Å². The largest absolute Gasteiger partial charge is 0.481 e. The zero-order valence-electron chi connectivity index (χ0n) is 9.96. The molecule has 0 radical (unpaired) electrons. The summed E-state index contributed by atoms with van der Waals surface area (Å²) >= 11 is 0. The Morgan fingerprint density at radius 2 is 2.35 bits per heavy atom. The van der Waals surface area contributed by atoms with Crippen LogP contribution < -0.4 is 0 Å². The number of hydrogen-bond donors (Lipinski definition) is 1. The zero-order chi connectivity index (χ0) is 12.1. The van der Waals surface area contributed by atoms with Gasteiger partial charge in [0.15, 0.2) is 0 Å². The fourth-order valence-corrected chi connectivity index (χ4v) is 2.44. The van der Waals surface area contributed by atoms with Crippen LogP contribution in [0.5, 0.6) is 0 Å². The van der Waals surface area contributed by atoms with Crippen LogP contribution in [0.3, 0.4) is 0 Å². The Balaban J connectivity index is 1.75. The van der Waals surface area contributed by atoms with Crippen LogP contribution in [0.1, 0.15) is 19.3 Å². The van der Waals surface area contributed by atoms with Crippen molar-refractivity contribution >= 4 is 5.97 Å². The van der Waals surface area contributed by atoms with Crippen LogP contribution in [-0.2, 0) is 11.3 Å². The van der Waals surface area contributed by atoms with Gasteiger partial charge in [-0.25, -0.2) is 4.98 Å². The van der Waals surface area contributed by atoms with Crippen molar-refractivity contribution < 1.29 is 9.90 Å². The lowest BCUT2D eigenvalue weighted by atomic mass is 9.95. The van der Waals surface area contributed by atoms with E-state index in [1.165, 1.54) is 0 Å². The molecular weight excluding hydrogens is 218 g/mol. The van der Waals surface area contributed by atoms with E-state index in [1.807, 2.05) is 12.5 Å². The average molecular weight is 237 g/mol. The van der Waals surface area contributed by atoms with E-state index in [2.05, 4.69) is 14.5 Å². The third kappa shape index (κ3) is 3.85. The monoisotopic (exact) mass is 237 g/mol. The third-order valence-electron chi connectivity index (χ3n) is 3.30. The molecule has 5 nitrogen and oxygen atoms in total. The summed E-state index contributed by atoms with van der Waals surface area (Å²) in [6.45, 7) is 3.91. The highest BCUT2D eigenvalue weighted by molar-refractivity contribution is 5.67. The molecule has 1 N–H and O–H groups in total. The van der Waals surface area contributed by atoms with Gasteiger partial charge >= 0.3 is 5.97 Å². The first-order valence-corrected chi connectivity index (χ1v) is 6.14. The molecule has 1 fully saturated rings. The first-order chi connectivity index (χ1) is 8.24. The fourth-order valence-electron chi connectivity index (χ4n) is 2.44. The summed E-state index contributed by atoms with van der Waals surface area (Å²) in [5.41, 5.74) is 0. The molecule has 1 unspecified atom stereocenters. The SMILES string of the molecule is O=C(O)CC1CCCN(CCn2ccnc2)C1. The van der Waals surface area contributed by atoms with Crippen molar-refractivity contribution in [1.82, 2.24) is 14.5 Å². The molecule has 1 atom stereocenters. The summed E-state index contributed by atoms with van der Waals surface area (Å²) in [5.74, 6) is -0.351. The standard InChI is InChI=1S/C12H19N3O2/c16-12(17)8-11-2-1-4-14(9-11)6-7-15-5-3-13-10-15/h3,5,10-11H,1-2,4,6-9H2,(H,16,17). The number of piperidine rings is 1. The maximum Gasteiger partial charge on any atom is 0.303 e. The van der Waals surface area contributed by atoms with Gasteiger partial charge in [-0.3, -0.25) is 4.79 Å². The van der Waals surface area contributed by atoms with E-state index in [4.69, 9.17) is 5.11 Å². The molecule has 0 saturated carbocycles. The molecule has 1 aliphatic heterocycles. The predicted octanol–water partition coefficient (Wildman–Crippen LogP) is 1.07. The van der Waals surface area contributed by atoms with E-state index in [0.717, 1.165) is 39.0 Å². The molecule has 5 heteroatoms. The van der Waals surface area contributed by atoms with Crippen LogP contribution in [-0.4, -0.2) is 45.2 Å². The van der Waals surface area contributed by atoms with Crippen molar-refractivity contribution in [1.29, 1.82) is 0 Å². The summed E-state index contributed by atoms with van der Waals surface area (Å²) < 4.78 is 2.06. The molecule has 94 valence electrons. The molecular formula is C12H19N3O2. The zero-order valence-corrected chi connectivity index (χ0v) is 9.96. The van der Waals surface area contributed by atoms with Gasteiger partial charge in [0.25, 0.3) is 0 Å². The molecule has 2 heterocycles. The predicted molar refractivity (Wildman–Crippen MR) is 63.6 cm³/mol. The van der Waals surface area contributed by atoms with Gasteiger partial charge in [-0.05, 0) is 25.3 Å². The van der Waals surface area contributed by atoms with Crippen molar-refractivity contribution in [3.05, 3.63) is 18.7 Å². The topological polar surface area (TPSA) is 58.4 Å². The van der Waals surface area contributed by atoms with Gasteiger partial charge in [0.05, 0.1) is 6.33 Å². The smallest absolute Gasteiger partial charge is 0.303 e. The lowest BCUT2D eigenvalue weighted by Crippen LogP contribution is -2.38. The number of carbonyl (C=O) groups is 1. The van der Waals surface area contributed by atoms with Gasteiger partial charge in [-0.2, -0.15) is 0 Å². The van der Waals surface area contributed by atoms with E-state index in [1.54, 1.807) is 6.20 Å². The Morgan fingerprint density at radius 3 is 3.06 bits per heavy atom. The molecule has 17 heavy (non-hydrogen) atoms. The quantitative estimate of drug-likeness (QED) is 0.832. The van der Waals surface area contributed by atoms with Crippen LogP contribution in [0.25, 0.3) is 0 Å². The van der Waals surface area contributed by atoms with E-state index in [0.29, 0.717) is 12.3 Å². The number of carboxylic acid groups (broad SMARTS) is 1. The molecule has 0 amide bonds. The van der Waals surface area contributed by atoms with Crippen LogP contribution in [0.4, 0.5) is 0 Å². The number of hydrogen-bond acceptors (Lipinski definition) is 3. The van der Waals surface area contributed by atoms with E-state index >= 15 is 0 Å². The number of imidazole rings is 1. The van der Waals surface area contributed by atoms with Crippen molar-refractivity contribution in [2.24, 2.45) is 5.92 Å². The number of aromatic nitrogens is 2. The van der Waals surface area contributed by atoms with Gasteiger partial charge in [-0.1, -0.05) is 0 Å². The second-order valence-electron chi connectivity index (χ2n) is 4.71. The highest BCUT2D eigenvalue weighted by atomic mass is 16.4. The molecule has 1 aliphatic rings. The molecule has 0 aromatic carbocycles. The van der Waals surface area contributed by atoms with E-state index in [9.17, 15) is 4.79 Å². The highest BCUT2D eigenvalue weighted by Crippen LogP contribution is 2.19. The maximum atomic E-state index is 10.7. The molecule has 1 aromatic rings. The van der Waals surface area contributed by atoms with Crippen molar-refractivity contribution in [2.75, 3.05) is 19.6 Å². The lowest BCUT2D eigenvalue weighted by molar-refractivity contribution is -0.138. The van der Waals surface area contributed by atoms with Gasteiger partial charge in [0, 0.05) is 38.4 Å². The molecule has 0 aliphatic carbocycles. The minimum absolute atomic E-state index is 0.307. The minimum atomic E-state index is -0.675. The van der Waals surface area contributed by atoms with Crippen molar-refractivity contribution in [2.45, 2.75) is 25.8 Å². The second-order valence-corrected chi connectivity index (χ2v) is 4.71. The minimum Gasteiger partial charge on any atom is -0.481 e. The Labute approximate surface area is 101 Å². The Bertz CT molecular complexity index is 351. The van der Waals surface area contributed by atoms with Crippen LogP contribution in [0.15, 0.2) is 18.7 Å². The molecule has 1 aromatic heterocycles. The average Bonchev–Trinajstić information content (AvgIpc) is 2.79. The lowest BCUT2D eigenvalue weighted by Gasteiger charge is -2.32. The second kappa shape index (κ2) is 5.82. The summed E-state index contributed by atoms with van der Waals surface area (Å²) in [6.07, 6.45) is 8.03. The van der Waals surface area contributed by atoms with Crippen LogP contribution in [0, 0.1) is 5.92 Å². The summed E-state index contributed by atoms with van der Waals surface area (Å²) in [4.78, 5) is 17.1. The van der Waals surface area contributed by atoms with Gasteiger partial charge in [0.1, 0.15) is 0 Å². The Morgan fingerprint density at radius 1 is 1.47 bits per heavy atom. The Hall–Kier alpha value is -1.36. The normalized spacial score (nSPS) is 21.5. The number of rotatable bonds is 5. The number of nitrogens with zero attached hydrogens (tertiary/aromatic N) is 3. The summed E-state index contributed by atoms with van der Waals surface area (Å²) in [6, 6.07) is 0. The van der Waals surface area contributed by atoms with Crippen molar-refractivity contribution in [3.8, 4) is 0 Å². The van der Waals surface area contributed by atoms with Gasteiger partial charge in [0.2, 0.25) is 0 Å². The van der Waals surface area contributed by atoms with E-state index < -0.39 is 5.97 Å². The molecule has 1 saturated heterocycles. The fraction of sp³-hybridized carbons (Fsp3) is 0.667. The summed E-state index contributed by atoms with van der Waals surface area (Å²) in [7, 11) is 0. The molecule has 0 bridgehead atoms. The van der Waals surface area contributed by atoms with Crippen molar-refractivity contribution in [3.63, 3.8) is 0 Å². The number of likely N-dealkylation sites (tertiary alicyclic amines) is 1. The summed E-state index contributed by atoms with van der Waals surface area (Å²) in [5, 5.41) is 8.80. The van der Waals surface area contributed by atoms with Gasteiger partial charge < -0.3 is 14.6 Å². The first kappa shape index (κ1) is 12.1. The Kier molecular flexibility index (Phi) is 4.14. The highest BCUT2D eigenvalue weighted by Gasteiger charge is 2.21.